The highest BCUT2D eigenvalue weighted by molar-refractivity contribution is 6.07. The predicted molar refractivity (Wildman–Crippen MR) is 123 cm³/mol. The van der Waals surface area contributed by atoms with Gasteiger partial charge in [-0.15, -0.1) is 0 Å². The van der Waals surface area contributed by atoms with Crippen molar-refractivity contribution in [3.8, 4) is 5.75 Å². The first kappa shape index (κ1) is 20.3. The molecule has 4 heterocycles. The number of aryl methyl sites for hydroxylation is 1. The Labute approximate surface area is 186 Å². The van der Waals surface area contributed by atoms with Gasteiger partial charge in [0.2, 0.25) is 5.91 Å². The maximum atomic E-state index is 13.1. The van der Waals surface area contributed by atoms with E-state index < -0.39 is 0 Å². The molecular weight excluding hydrogens is 406 g/mol. The molecule has 2 aromatic heterocycles. The molecule has 0 saturated carbocycles. The van der Waals surface area contributed by atoms with Gasteiger partial charge in [-0.3, -0.25) is 9.79 Å². The van der Waals surface area contributed by atoms with Crippen molar-refractivity contribution >= 4 is 28.5 Å². The van der Waals surface area contributed by atoms with Crippen LogP contribution in [0.1, 0.15) is 11.3 Å². The molecule has 0 aliphatic carbocycles. The Morgan fingerprint density at radius 1 is 1.19 bits per heavy atom. The van der Waals surface area contributed by atoms with Gasteiger partial charge in [0.25, 0.3) is 0 Å². The van der Waals surface area contributed by atoms with Gasteiger partial charge in [-0.2, -0.15) is 5.10 Å². The number of amides is 1. The van der Waals surface area contributed by atoms with E-state index in [9.17, 15) is 4.79 Å². The van der Waals surface area contributed by atoms with Gasteiger partial charge in [-0.1, -0.05) is 6.07 Å². The third kappa shape index (κ3) is 3.74. The molecule has 2 aliphatic heterocycles. The average molecular weight is 434 g/mol. The average Bonchev–Trinajstić information content (AvgIpc) is 3.48. The Hall–Kier alpha value is -3.62. The molecule has 1 amide bonds. The van der Waals surface area contributed by atoms with Crippen LogP contribution in [0.5, 0.6) is 5.75 Å². The first-order valence-corrected chi connectivity index (χ1v) is 10.9. The van der Waals surface area contributed by atoms with Gasteiger partial charge in [0.05, 0.1) is 19.0 Å². The van der Waals surface area contributed by atoms with Gasteiger partial charge < -0.3 is 19.9 Å². The molecule has 1 aromatic carbocycles. The van der Waals surface area contributed by atoms with Crippen molar-refractivity contribution in [1.82, 2.24) is 25.0 Å². The van der Waals surface area contributed by atoms with Crippen molar-refractivity contribution in [1.29, 1.82) is 0 Å². The molecule has 0 spiro atoms. The second-order valence-corrected chi connectivity index (χ2v) is 8.06. The Morgan fingerprint density at radius 2 is 2.03 bits per heavy atom. The summed E-state index contributed by atoms with van der Waals surface area (Å²) < 4.78 is 7.16. The molecule has 0 bridgehead atoms. The number of carbonyl (C=O) groups is 1. The number of benzene rings is 1. The van der Waals surface area contributed by atoms with Crippen LogP contribution in [0.4, 0.5) is 5.69 Å². The van der Waals surface area contributed by atoms with Crippen LogP contribution in [0.25, 0.3) is 11.0 Å². The molecule has 5 rings (SSSR count). The number of hydrogen-bond donors (Lipinski definition) is 1. The topological polar surface area (TPSA) is 87.9 Å². The number of nitrogens with one attached hydrogen (secondary N) is 1. The van der Waals surface area contributed by atoms with Crippen LogP contribution in [0.3, 0.4) is 0 Å². The van der Waals surface area contributed by atoms with Crippen molar-refractivity contribution in [3.05, 3.63) is 47.8 Å². The van der Waals surface area contributed by atoms with Crippen LogP contribution in [0.15, 0.2) is 41.5 Å². The molecule has 3 aromatic rings. The summed E-state index contributed by atoms with van der Waals surface area (Å²) in [6.45, 7) is 6.64. The minimum Gasteiger partial charge on any atom is -0.496 e. The zero-order valence-electron chi connectivity index (χ0n) is 18.4. The third-order valence-corrected chi connectivity index (χ3v) is 6.08. The summed E-state index contributed by atoms with van der Waals surface area (Å²) in [5.41, 5.74) is 3.70. The number of anilines is 1. The van der Waals surface area contributed by atoms with Crippen molar-refractivity contribution in [3.63, 3.8) is 0 Å². The number of ether oxygens (including phenoxy) is 1. The molecule has 166 valence electrons. The van der Waals surface area contributed by atoms with E-state index in [0.717, 1.165) is 60.1 Å². The standard InChI is InChI=1S/C23H27N7O2/c1-16-5-6-17(14-19(16)32-2)28-10-12-29(13-11-28)20(31)15-30-23-18(4-3-7-26-23)21(27-30)22-24-8-9-25-22/h3-7,14H,8-13,15H2,1-2H3,(H,24,25). The Morgan fingerprint density at radius 3 is 2.78 bits per heavy atom. The normalized spacial score (nSPS) is 16.2. The van der Waals surface area contributed by atoms with Gasteiger partial charge in [0.15, 0.2) is 5.65 Å². The largest absolute Gasteiger partial charge is 0.496 e. The van der Waals surface area contributed by atoms with Gasteiger partial charge in [-0.25, -0.2) is 9.67 Å². The number of rotatable bonds is 5. The summed E-state index contributed by atoms with van der Waals surface area (Å²) in [4.78, 5) is 26.2. The first-order chi connectivity index (χ1) is 15.6. The van der Waals surface area contributed by atoms with E-state index in [0.29, 0.717) is 18.7 Å². The van der Waals surface area contributed by atoms with Crippen LogP contribution < -0.4 is 15.0 Å². The summed E-state index contributed by atoms with van der Waals surface area (Å²) in [6.07, 6.45) is 1.73. The van der Waals surface area contributed by atoms with E-state index in [2.05, 4.69) is 43.5 Å². The van der Waals surface area contributed by atoms with E-state index in [1.165, 1.54) is 0 Å². The fourth-order valence-electron chi connectivity index (χ4n) is 4.30. The lowest BCUT2D eigenvalue weighted by Gasteiger charge is -2.36. The summed E-state index contributed by atoms with van der Waals surface area (Å²) in [5, 5.41) is 8.86. The lowest BCUT2D eigenvalue weighted by Crippen LogP contribution is -2.49. The molecule has 2 aliphatic rings. The number of nitrogens with zero attached hydrogens (tertiary/aromatic N) is 6. The van der Waals surface area contributed by atoms with Crippen molar-refractivity contribution in [2.24, 2.45) is 4.99 Å². The van der Waals surface area contributed by atoms with Crippen LogP contribution in [-0.4, -0.2) is 77.8 Å². The van der Waals surface area contributed by atoms with Gasteiger partial charge >= 0.3 is 0 Å². The number of piperazine rings is 1. The van der Waals surface area contributed by atoms with E-state index in [1.807, 2.05) is 24.0 Å². The lowest BCUT2D eigenvalue weighted by molar-refractivity contribution is -0.132. The van der Waals surface area contributed by atoms with E-state index in [4.69, 9.17) is 4.74 Å². The highest BCUT2D eigenvalue weighted by Crippen LogP contribution is 2.26. The fraction of sp³-hybridized carbons (Fsp3) is 0.391. The molecule has 9 heteroatoms. The second kappa shape index (κ2) is 8.49. The summed E-state index contributed by atoms with van der Waals surface area (Å²) in [6, 6.07) is 10.1. The monoisotopic (exact) mass is 433 g/mol. The number of hydrogen-bond acceptors (Lipinski definition) is 7. The van der Waals surface area contributed by atoms with Crippen molar-refractivity contribution in [2.45, 2.75) is 13.5 Å². The lowest BCUT2D eigenvalue weighted by atomic mass is 10.1. The quantitative estimate of drug-likeness (QED) is 0.655. The van der Waals surface area contributed by atoms with Crippen LogP contribution in [0, 0.1) is 6.92 Å². The smallest absolute Gasteiger partial charge is 0.244 e. The number of aliphatic imine (C=N–C) groups is 1. The predicted octanol–water partition coefficient (Wildman–Crippen LogP) is 1.45. The van der Waals surface area contributed by atoms with E-state index in [1.54, 1.807) is 18.0 Å². The summed E-state index contributed by atoms with van der Waals surface area (Å²) in [5.74, 6) is 1.71. The zero-order valence-corrected chi connectivity index (χ0v) is 18.4. The maximum absolute atomic E-state index is 13.1. The molecule has 1 N–H and O–H groups in total. The van der Waals surface area contributed by atoms with Crippen molar-refractivity contribution in [2.75, 3.05) is 51.3 Å². The SMILES string of the molecule is COc1cc(N2CCN(C(=O)Cn3nc(C4=NCCN4)c4cccnc43)CC2)ccc1C. The van der Waals surface area contributed by atoms with Crippen LogP contribution in [-0.2, 0) is 11.3 Å². The number of aromatic nitrogens is 3. The third-order valence-electron chi connectivity index (χ3n) is 6.08. The highest BCUT2D eigenvalue weighted by atomic mass is 16.5. The zero-order chi connectivity index (χ0) is 22.1. The maximum Gasteiger partial charge on any atom is 0.244 e. The van der Waals surface area contributed by atoms with Crippen LogP contribution in [0.2, 0.25) is 0 Å². The number of amidine groups is 1. The molecule has 9 nitrogen and oxygen atoms in total. The number of fused-ring (bicyclic) bond motifs is 1. The van der Waals surface area contributed by atoms with Gasteiger partial charge in [0, 0.05) is 50.7 Å². The minimum atomic E-state index is 0.0501. The van der Waals surface area contributed by atoms with E-state index in [-0.39, 0.29) is 12.5 Å². The molecule has 1 fully saturated rings. The van der Waals surface area contributed by atoms with Crippen LogP contribution >= 0.6 is 0 Å². The van der Waals surface area contributed by atoms with E-state index >= 15 is 0 Å². The number of methoxy groups -OCH3 is 1. The van der Waals surface area contributed by atoms with Crippen molar-refractivity contribution < 1.29 is 9.53 Å². The molecule has 0 unspecified atom stereocenters. The molecule has 32 heavy (non-hydrogen) atoms. The molecule has 1 saturated heterocycles. The Bertz CT molecular complexity index is 1180. The fourth-order valence-corrected chi connectivity index (χ4v) is 4.30. The number of pyridine rings is 1. The molecule has 0 radical (unpaired) electrons. The minimum absolute atomic E-state index is 0.0501. The highest BCUT2D eigenvalue weighted by Gasteiger charge is 2.24. The molecule has 0 atom stereocenters. The van der Waals surface area contributed by atoms with Gasteiger partial charge in [0.1, 0.15) is 23.8 Å². The number of carbonyl (C=O) groups excluding carboxylic acids is 1. The van der Waals surface area contributed by atoms with Gasteiger partial charge in [-0.05, 0) is 30.7 Å². The molecular formula is C23H27N7O2. The first-order valence-electron chi connectivity index (χ1n) is 10.9. The second-order valence-electron chi connectivity index (χ2n) is 8.06. The Kier molecular flexibility index (Phi) is 5.38. The summed E-state index contributed by atoms with van der Waals surface area (Å²) in [7, 11) is 1.69. The Balaban J connectivity index is 1.28. The summed E-state index contributed by atoms with van der Waals surface area (Å²) >= 11 is 0.